The highest BCUT2D eigenvalue weighted by molar-refractivity contribution is 6.31. The summed E-state index contributed by atoms with van der Waals surface area (Å²) < 4.78 is 0. The lowest BCUT2D eigenvalue weighted by atomic mass is 10.1. The first-order chi connectivity index (χ1) is 9.47. The van der Waals surface area contributed by atoms with Gasteiger partial charge in [0.15, 0.2) is 0 Å². The highest BCUT2D eigenvalue weighted by atomic mass is 35.5. The van der Waals surface area contributed by atoms with Crippen molar-refractivity contribution in [3.8, 4) is 0 Å². The van der Waals surface area contributed by atoms with E-state index in [2.05, 4.69) is 12.2 Å². The molecule has 1 aromatic carbocycles. The Hall–Kier alpha value is -1.66. The van der Waals surface area contributed by atoms with Crippen molar-refractivity contribution >= 4 is 23.2 Å². The fourth-order valence-electron chi connectivity index (χ4n) is 1.78. The van der Waals surface area contributed by atoms with E-state index in [0.717, 1.165) is 19.3 Å². The molecule has 1 rings (SSSR count). The first-order valence-electron chi connectivity index (χ1n) is 6.43. The summed E-state index contributed by atoms with van der Waals surface area (Å²) in [6.45, 7) is 2.38. The molecule has 1 unspecified atom stereocenters. The number of carbonyl (C=O) groups is 1. The third kappa shape index (κ3) is 4.79. The van der Waals surface area contributed by atoms with E-state index in [1.807, 2.05) is 0 Å². The van der Waals surface area contributed by atoms with Crippen LogP contribution in [0, 0.1) is 10.1 Å². The van der Waals surface area contributed by atoms with Crippen LogP contribution in [0.15, 0.2) is 18.2 Å². The number of hydrogen-bond donors (Lipinski definition) is 2. The van der Waals surface area contributed by atoms with Crippen molar-refractivity contribution < 1.29 is 9.72 Å². The van der Waals surface area contributed by atoms with E-state index >= 15 is 0 Å². The van der Waals surface area contributed by atoms with Crippen molar-refractivity contribution in [3.05, 3.63) is 38.9 Å². The molecular weight excluding hydrogens is 282 g/mol. The maximum Gasteiger partial charge on any atom is 0.271 e. The Morgan fingerprint density at radius 3 is 2.75 bits per heavy atom. The Balaban J connectivity index is 2.83. The summed E-state index contributed by atoms with van der Waals surface area (Å²) in [5.41, 5.74) is 5.56. The monoisotopic (exact) mass is 299 g/mol. The van der Waals surface area contributed by atoms with Gasteiger partial charge in [0.2, 0.25) is 0 Å². The highest BCUT2D eigenvalue weighted by Crippen LogP contribution is 2.21. The molecule has 0 fully saturated rings. The molecule has 6 nitrogen and oxygen atoms in total. The topological polar surface area (TPSA) is 98.3 Å². The van der Waals surface area contributed by atoms with Gasteiger partial charge in [0.05, 0.1) is 4.92 Å². The molecule has 0 heterocycles. The summed E-state index contributed by atoms with van der Waals surface area (Å²) >= 11 is 5.78. The molecule has 1 aromatic rings. The van der Waals surface area contributed by atoms with Gasteiger partial charge in [0, 0.05) is 35.3 Å². The maximum absolute atomic E-state index is 12.1. The zero-order chi connectivity index (χ0) is 15.1. The molecule has 0 aliphatic carbocycles. The normalized spacial score (nSPS) is 11.9. The number of nitrogens with one attached hydrogen (secondary N) is 1. The molecule has 3 N–H and O–H groups in total. The lowest BCUT2D eigenvalue weighted by molar-refractivity contribution is -0.384. The summed E-state index contributed by atoms with van der Waals surface area (Å²) in [5.74, 6) is -0.401. The number of rotatable bonds is 7. The minimum absolute atomic E-state index is 0.138. The van der Waals surface area contributed by atoms with E-state index in [9.17, 15) is 14.9 Å². The third-order valence-corrected chi connectivity index (χ3v) is 3.10. The van der Waals surface area contributed by atoms with Crippen molar-refractivity contribution in [1.29, 1.82) is 0 Å². The number of hydrogen-bond acceptors (Lipinski definition) is 4. The van der Waals surface area contributed by atoms with Crippen molar-refractivity contribution in [2.45, 2.75) is 32.2 Å². The van der Waals surface area contributed by atoms with Crippen molar-refractivity contribution in [2.24, 2.45) is 5.73 Å². The average molecular weight is 300 g/mol. The number of halogens is 1. The fraction of sp³-hybridized carbons (Fsp3) is 0.462. The Bertz CT molecular complexity index is 494. The first kappa shape index (κ1) is 16.4. The number of non-ortho nitro benzene ring substituents is 1. The molecule has 1 atom stereocenters. The number of carbonyl (C=O) groups excluding carboxylic acids is 1. The molecule has 0 spiro atoms. The summed E-state index contributed by atoms with van der Waals surface area (Å²) in [4.78, 5) is 22.2. The van der Waals surface area contributed by atoms with Gasteiger partial charge in [-0.05, 0) is 12.5 Å². The number of nitro groups is 1. The molecule has 0 saturated heterocycles. The van der Waals surface area contributed by atoms with E-state index in [1.165, 1.54) is 18.2 Å². The molecule has 7 heteroatoms. The fourth-order valence-corrected chi connectivity index (χ4v) is 2.01. The van der Waals surface area contributed by atoms with Crippen LogP contribution in [0.4, 0.5) is 5.69 Å². The number of nitrogens with two attached hydrogens (primary N) is 1. The van der Waals surface area contributed by atoms with Gasteiger partial charge in [-0.2, -0.15) is 0 Å². The summed E-state index contributed by atoms with van der Waals surface area (Å²) in [6.07, 6.45) is 2.74. The number of amides is 1. The number of benzene rings is 1. The smallest absolute Gasteiger partial charge is 0.271 e. The summed E-state index contributed by atoms with van der Waals surface area (Å²) in [5, 5.41) is 13.7. The third-order valence-electron chi connectivity index (χ3n) is 2.88. The minimum atomic E-state index is -0.583. The van der Waals surface area contributed by atoms with Crippen LogP contribution in [0.25, 0.3) is 0 Å². The van der Waals surface area contributed by atoms with Gasteiger partial charge < -0.3 is 11.1 Å². The second-order valence-electron chi connectivity index (χ2n) is 4.50. The second-order valence-corrected chi connectivity index (χ2v) is 4.94. The van der Waals surface area contributed by atoms with Gasteiger partial charge in [-0.1, -0.05) is 31.4 Å². The van der Waals surface area contributed by atoms with E-state index in [-0.39, 0.29) is 22.3 Å². The van der Waals surface area contributed by atoms with Gasteiger partial charge in [-0.15, -0.1) is 0 Å². The quantitative estimate of drug-likeness (QED) is 0.597. The van der Waals surface area contributed by atoms with E-state index in [4.69, 9.17) is 17.3 Å². The molecule has 1 amide bonds. The predicted octanol–water partition coefficient (Wildman–Crippen LogP) is 2.50. The Labute approximate surface area is 122 Å². The second kappa shape index (κ2) is 7.81. The Kier molecular flexibility index (Phi) is 6.41. The standard InChI is InChI=1S/C13H18ClN3O3/c1-2-3-4-11(8-15)16-13(18)9-5-10(14)7-12(6-9)17(19)20/h5-7,11H,2-4,8,15H2,1H3,(H,16,18). The predicted molar refractivity (Wildman–Crippen MR) is 77.9 cm³/mol. The van der Waals surface area contributed by atoms with Crippen LogP contribution >= 0.6 is 11.6 Å². The molecule has 0 aromatic heterocycles. The number of nitrogens with zero attached hydrogens (tertiary/aromatic N) is 1. The maximum atomic E-state index is 12.1. The van der Waals surface area contributed by atoms with Gasteiger partial charge >= 0.3 is 0 Å². The first-order valence-corrected chi connectivity index (χ1v) is 6.81. The molecule has 0 radical (unpaired) electrons. The van der Waals surface area contributed by atoms with Gasteiger partial charge in [-0.25, -0.2) is 0 Å². The largest absolute Gasteiger partial charge is 0.348 e. The average Bonchev–Trinajstić information content (AvgIpc) is 2.42. The minimum Gasteiger partial charge on any atom is -0.348 e. The van der Waals surface area contributed by atoms with Gasteiger partial charge in [0.1, 0.15) is 0 Å². The Morgan fingerprint density at radius 2 is 2.20 bits per heavy atom. The lowest BCUT2D eigenvalue weighted by Crippen LogP contribution is -2.40. The van der Waals surface area contributed by atoms with Crippen LogP contribution in [0.2, 0.25) is 5.02 Å². The van der Waals surface area contributed by atoms with E-state index < -0.39 is 10.8 Å². The SMILES string of the molecule is CCCCC(CN)NC(=O)c1cc(Cl)cc([N+](=O)[O-])c1. The van der Waals surface area contributed by atoms with E-state index in [0.29, 0.717) is 6.54 Å². The van der Waals surface area contributed by atoms with Crippen LogP contribution in [-0.2, 0) is 0 Å². The molecule has 20 heavy (non-hydrogen) atoms. The van der Waals surface area contributed by atoms with Crippen molar-refractivity contribution in [2.75, 3.05) is 6.54 Å². The van der Waals surface area contributed by atoms with Crippen molar-refractivity contribution in [3.63, 3.8) is 0 Å². The number of unbranched alkanes of at least 4 members (excludes halogenated alkanes) is 1. The van der Waals surface area contributed by atoms with E-state index in [1.54, 1.807) is 0 Å². The van der Waals surface area contributed by atoms with Crippen LogP contribution in [0.1, 0.15) is 36.5 Å². The van der Waals surface area contributed by atoms with Crippen LogP contribution in [0.5, 0.6) is 0 Å². The molecule has 0 aliphatic heterocycles. The Morgan fingerprint density at radius 1 is 1.50 bits per heavy atom. The molecular formula is C13H18ClN3O3. The molecule has 0 bridgehead atoms. The van der Waals surface area contributed by atoms with Gasteiger partial charge in [0.25, 0.3) is 11.6 Å². The van der Waals surface area contributed by atoms with Crippen LogP contribution < -0.4 is 11.1 Å². The number of nitro benzene ring substituents is 1. The molecule has 0 aliphatic rings. The highest BCUT2D eigenvalue weighted by Gasteiger charge is 2.16. The molecule has 110 valence electrons. The lowest BCUT2D eigenvalue weighted by Gasteiger charge is -2.16. The zero-order valence-corrected chi connectivity index (χ0v) is 12.0. The summed E-state index contributed by atoms with van der Waals surface area (Å²) in [7, 11) is 0. The van der Waals surface area contributed by atoms with Crippen LogP contribution in [0.3, 0.4) is 0 Å². The van der Waals surface area contributed by atoms with Gasteiger partial charge in [-0.3, -0.25) is 14.9 Å². The summed E-state index contributed by atoms with van der Waals surface area (Å²) in [6, 6.07) is 3.67. The van der Waals surface area contributed by atoms with Crippen molar-refractivity contribution in [1.82, 2.24) is 5.32 Å². The zero-order valence-electron chi connectivity index (χ0n) is 11.3. The van der Waals surface area contributed by atoms with Crippen LogP contribution in [-0.4, -0.2) is 23.4 Å². The molecule has 0 saturated carbocycles.